The molecule has 0 aliphatic rings. The van der Waals surface area contributed by atoms with E-state index in [2.05, 4.69) is 0 Å². The van der Waals surface area contributed by atoms with E-state index in [4.69, 9.17) is 11.6 Å². The fourth-order valence-electron chi connectivity index (χ4n) is 1.17. The van der Waals surface area contributed by atoms with Gasteiger partial charge in [0.05, 0.1) is 5.02 Å². The van der Waals surface area contributed by atoms with E-state index in [-0.39, 0.29) is 28.2 Å². The van der Waals surface area contributed by atoms with E-state index >= 15 is 0 Å². The van der Waals surface area contributed by atoms with Gasteiger partial charge in [-0.05, 0) is 19.1 Å². The highest BCUT2D eigenvalue weighted by Crippen LogP contribution is 2.30. The first-order chi connectivity index (χ1) is 6.97. The van der Waals surface area contributed by atoms with Crippen LogP contribution in [-0.4, -0.2) is 12.1 Å². The van der Waals surface area contributed by atoms with Crippen molar-refractivity contribution in [2.24, 2.45) is 0 Å². The number of aldehydes is 1. The topological polar surface area (TPSA) is 34.1 Å². The summed E-state index contributed by atoms with van der Waals surface area (Å²) in [5, 5.41) is -0.264. The van der Waals surface area contributed by atoms with Gasteiger partial charge in [0.1, 0.15) is 0 Å². The summed E-state index contributed by atoms with van der Waals surface area (Å²) in [6.07, 6.45) is -2.57. The molecule has 0 unspecified atom stereocenters. The number of benzene rings is 1. The van der Waals surface area contributed by atoms with Crippen molar-refractivity contribution in [2.45, 2.75) is 13.3 Å². The minimum absolute atomic E-state index is 0.145. The molecule has 0 aliphatic carbocycles. The second kappa shape index (κ2) is 4.49. The first kappa shape index (κ1) is 11.8. The number of hydrogen-bond acceptors (Lipinski definition) is 2. The van der Waals surface area contributed by atoms with Gasteiger partial charge >= 0.3 is 0 Å². The number of hydrogen-bond donors (Lipinski definition) is 0. The smallest absolute Gasteiger partial charge is 0.265 e. The number of carbonyl (C=O) groups is 2. The molecule has 0 N–H and O–H groups in total. The van der Waals surface area contributed by atoms with Crippen LogP contribution >= 0.6 is 11.6 Å². The Morgan fingerprint density at radius 3 is 2.47 bits per heavy atom. The van der Waals surface area contributed by atoms with Gasteiger partial charge in [-0.25, -0.2) is 8.78 Å². The summed E-state index contributed by atoms with van der Waals surface area (Å²) in [6.45, 7) is 1.27. The van der Waals surface area contributed by atoms with Crippen molar-refractivity contribution in [2.75, 3.05) is 0 Å². The Morgan fingerprint density at radius 1 is 1.47 bits per heavy atom. The lowest BCUT2D eigenvalue weighted by atomic mass is 10.0. The molecule has 0 bridgehead atoms. The first-order valence-corrected chi connectivity index (χ1v) is 4.43. The van der Waals surface area contributed by atoms with Gasteiger partial charge in [0.25, 0.3) is 6.43 Å². The van der Waals surface area contributed by atoms with Gasteiger partial charge in [-0.3, -0.25) is 9.59 Å². The standard InChI is InChI=1S/C10H7ClF2O2/c1-5(15)6-2-7(4-14)9(10(12)13)8(11)3-6/h2-4,10H,1H3. The van der Waals surface area contributed by atoms with Crippen molar-refractivity contribution in [3.63, 3.8) is 0 Å². The van der Waals surface area contributed by atoms with Crippen LogP contribution in [0, 0.1) is 0 Å². The Hall–Kier alpha value is -1.29. The SMILES string of the molecule is CC(=O)c1cc(Cl)c(C(F)F)c(C=O)c1. The average Bonchev–Trinajstić information content (AvgIpc) is 2.15. The van der Waals surface area contributed by atoms with Gasteiger partial charge in [0, 0.05) is 16.7 Å². The van der Waals surface area contributed by atoms with Crippen LogP contribution in [0.5, 0.6) is 0 Å². The lowest BCUT2D eigenvalue weighted by Gasteiger charge is -2.07. The quantitative estimate of drug-likeness (QED) is 0.592. The Morgan fingerprint density at radius 2 is 2.07 bits per heavy atom. The number of alkyl halides is 2. The zero-order valence-electron chi connectivity index (χ0n) is 7.76. The molecule has 0 saturated heterocycles. The normalized spacial score (nSPS) is 10.5. The summed E-state index contributed by atoms with van der Waals surface area (Å²) in [5.41, 5.74) is -0.633. The largest absolute Gasteiger partial charge is 0.298 e. The Labute approximate surface area is 89.8 Å². The highest BCUT2D eigenvalue weighted by Gasteiger charge is 2.18. The third-order valence-electron chi connectivity index (χ3n) is 1.91. The van der Waals surface area contributed by atoms with Crippen LogP contribution in [-0.2, 0) is 0 Å². The summed E-state index contributed by atoms with van der Waals surface area (Å²) in [4.78, 5) is 21.5. The predicted molar refractivity (Wildman–Crippen MR) is 51.8 cm³/mol. The number of Topliss-reactive ketones (excluding diaryl/α,β-unsaturated/α-hetero) is 1. The molecule has 15 heavy (non-hydrogen) atoms. The number of ketones is 1. The molecule has 0 aromatic heterocycles. The van der Waals surface area contributed by atoms with Crippen LogP contribution < -0.4 is 0 Å². The zero-order chi connectivity index (χ0) is 11.6. The fourth-order valence-corrected chi connectivity index (χ4v) is 1.48. The molecule has 1 rings (SSSR count). The highest BCUT2D eigenvalue weighted by molar-refractivity contribution is 6.32. The summed E-state index contributed by atoms with van der Waals surface area (Å²) < 4.78 is 25.0. The summed E-state index contributed by atoms with van der Waals surface area (Å²) in [7, 11) is 0. The second-order valence-corrected chi connectivity index (χ2v) is 3.34. The van der Waals surface area contributed by atoms with Crippen LogP contribution in [0.2, 0.25) is 5.02 Å². The Bertz CT molecular complexity index is 416. The molecule has 2 nitrogen and oxygen atoms in total. The lowest BCUT2D eigenvalue weighted by molar-refractivity contribution is 0.101. The predicted octanol–water partition coefficient (Wildman–Crippen LogP) is 3.29. The van der Waals surface area contributed by atoms with Crippen molar-refractivity contribution >= 4 is 23.7 Å². The molecular formula is C10H7ClF2O2. The van der Waals surface area contributed by atoms with E-state index in [1.54, 1.807) is 0 Å². The van der Waals surface area contributed by atoms with Gasteiger partial charge in [0.2, 0.25) is 0 Å². The van der Waals surface area contributed by atoms with Crippen molar-refractivity contribution < 1.29 is 18.4 Å². The van der Waals surface area contributed by atoms with Gasteiger partial charge in [-0.1, -0.05) is 11.6 Å². The van der Waals surface area contributed by atoms with Crippen molar-refractivity contribution in [3.8, 4) is 0 Å². The molecule has 0 spiro atoms. The third-order valence-corrected chi connectivity index (χ3v) is 2.23. The molecule has 0 radical (unpaired) electrons. The molecule has 5 heteroatoms. The molecule has 1 aromatic rings. The minimum atomic E-state index is -2.83. The third kappa shape index (κ3) is 2.39. The van der Waals surface area contributed by atoms with Crippen molar-refractivity contribution in [3.05, 3.63) is 33.8 Å². The Kier molecular flexibility index (Phi) is 3.52. The number of carbonyl (C=O) groups excluding carboxylic acids is 2. The van der Waals surface area contributed by atoms with E-state index in [1.165, 1.54) is 6.92 Å². The summed E-state index contributed by atoms with van der Waals surface area (Å²) in [5.74, 6) is -0.333. The molecule has 0 aliphatic heterocycles. The van der Waals surface area contributed by atoms with E-state index in [9.17, 15) is 18.4 Å². The van der Waals surface area contributed by atoms with Gasteiger partial charge in [0.15, 0.2) is 12.1 Å². The fraction of sp³-hybridized carbons (Fsp3) is 0.200. The maximum atomic E-state index is 12.5. The molecule has 0 heterocycles. The van der Waals surface area contributed by atoms with Gasteiger partial charge in [-0.2, -0.15) is 0 Å². The minimum Gasteiger partial charge on any atom is -0.298 e. The van der Waals surface area contributed by atoms with Crippen molar-refractivity contribution in [1.82, 2.24) is 0 Å². The van der Waals surface area contributed by atoms with Crippen LogP contribution in [0.4, 0.5) is 8.78 Å². The van der Waals surface area contributed by atoms with Gasteiger partial charge in [-0.15, -0.1) is 0 Å². The monoisotopic (exact) mass is 232 g/mol. The molecule has 0 fully saturated rings. The second-order valence-electron chi connectivity index (χ2n) is 2.94. The van der Waals surface area contributed by atoms with Crippen LogP contribution in [0.15, 0.2) is 12.1 Å². The maximum absolute atomic E-state index is 12.5. The number of halogens is 3. The summed E-state index contributed by atoms with van der Waals surface area (Å²) in [6, 6.07) is 2.25. The Balaban J connectivity index is 3.43. The first-order valence-electron chi connectivity index (χ1n) is 4.05. The van der Waals surface area contributed by atoms with Crippen molar-refractivity contribution in [1.29, 1.82) is 0 Å². The number of rotatable bonds is 3. The van der Waals surface area contributed by atoms with Crippen LogP contribution in [0.25, 0.3) is 0 Å². The molecule has 0 amide bonds. The van der Waals surface area contributed by atoms with E-state index < -0.39 is 12.0 Å². The maximum Gasteiger partial charge on any atom is 0.265 e. The van der Waals surface area contributed by atoms with E-state index in [0.29, 0.717) is 0 Å². The molecule has 0 saturated carbocycles. The summed E-state index contributed by atoms with van der Waals surface area (Å²) >= 11 is 5.56. The highest BCUT2D eigenvalue weighted by atomic mass is 35.5. The van der Waals surface area contributed by atoms with E-state index in [0.717, 1.165) is 12.1 Å². The van der Waals surface area contributed by atoms with E-state index in [1.807, 2.05) is 0 Å². The zero-order valence-corrected chi connectivity index (χ0v) is 8.52. The molecule has 1 aromatic carbocycles. The lowest BCUT2D eigenvalue weighted by Crippen LogP contribution is -2.00. The molecular weight excluding hydrogens is 226 g/mol. The average molecular weight is 233 g/mol. The molecule has 0 atom stereocenters. The molecule has 80 valence electrons. The van der Waals surface area contributed by atoms with Gasteiger partial charge < -0.3 is 0 Å². The van der Waals surface area contributed by atoms with Crippen LogP contribution in [0.1, 0.15) is 39.6 Å². The van der Waals surface area contributed by atoms with Crippen LogP contribution in [0.3, 0.4) is 0 Å².